The molecule has 0 fully saturated rings. The van der Waals surface area contributed by atoms with Crippen LogP contribution in [0.25, 0.3) is 0 Å². The van der Waals surface area contributed by atoms with E-state index in [0.29, 0.717) is 0 Å². The molecule has 2 aromatic rings. The maximum Gasteiger partial charge on any atom is 0.151 e. The van der Waals surface area contributed by atoms with Gasteiger partial charge in [-0.3, -0.25) is 4.79 Å². The van der Waals surface area contributed by atoms with Gasteiger partial charge in [-0.1, -0.05) is 30.3 Å². The summed E-state index contributed by atoms with van der Waals surface area (Å²) < 4.78 is 2.04. The van der Waals surface area contributed by atoms with Gasteiger partial charge in [0.05, 0.1) is 6.04 Å². The highest BCUT2D eigenvalue weighted by Crippen LogP contribution is 2.17. The zero-order chi connectivity index (χ0) is 10.7. The number of hydrogen-bond donors (Lipinski definition) is 0. The van der Waals surface area contributed by atoms with E-state index < -0.39 is 0 Å². The van der Waals surface area contributed by atoms with Crippen molar-refractivity contribution in [2.24, 2.45) is 0 Å². The minimum atomic E-state index is 0.264. The summed E-state index contributed by atoms with van der Waals surface area (Å²) in [6.07, 6.45) is 4.67. The molecule has 0 aliphatic rings. The van der Waals surface area contributed by atoms with Gasteiger partial charge in [0.25, 0.3) is 0 Å². The third kappa shape index (κ3) is 1.99. The van der Waals surface area contributed by atoms with Gasteiger partial charge in [0, 0.05) is 18.0 Å². The van der Waals surface area contributed by atoms with Gasteiger partial charge in [-0.15, -0.1) is 0 Å². The quantitative estimate of drug-likeness (QED) is 0.697. The first-order valence-electron chi connectivity index (χ1n) is 4.99. The molecule has 0 saturated heterocycles. The van der Waals surface area contributed by atoms with E-state index >= 15 is 0 Å². The van der Waals surface area contributed by atoms with Crippen LogP contribution >= 0.6 is 0 Å². The fourth-order valence-electron chi connectivity index (χ4n) is 1.64. The summed E-state index contributed by atoms with van der Waals surface area (Å²) in [6.45, 7) is 2.11. The molecule has 1 atom stereocenters. The summed E-state index contributed by atoms with van der Waals surface area (Å²) in [5.41, 5.74) is 1.96. The minimum Gasteiger partial charge on any atom is -0.346 e. The summed E-state index contributed by atoms with van der Waals surface area (Å²) in [7, 11) is 0. The van der Waals surface area contributed by atoms with Crippen molar-refractivity contribution in [3.05, 3.63) is 59.9 Å². The van der Waals surface area contributed by atoms with E-state index in [1.54, 1.807) is 0 Å². The molecule has 0 bridgehead atoms. The van der Waals surface area contributed by atoms with E-state index in [1.165, 1.54) is 5.56 Å². The summed E-state index contributed by atoms with van der Waals surface area (Å²) in [5.74, 6) is 0. The Morgan fingerprint density at radius 1 is 1.20 bits per heavy atom. The lowest BCUT2D eigenvalue weighted by Crippen LogP contribution is -2.03. The van der Waals surface area contributed by atoms with Gasteiger partial charge in [0.15, 0.2) is 6.29 Å². The average Bonchev–Trinajstić information content (AvgIpc) is 2.78. The molecule has 1 aromatic heterocycles. The Bertz CT molecular complexity index is 445. The van der Waals surface area contributed by atoms with Crippen LogP contribution in [0.3, 0.4) is 0 Å². The van der Waals surface area contributed by atoms with Gasteiger partial charge in [-0.05, 0) is 18.6 Å². The molecule has 0 unspecified atom stereocenters. The van der Waals surface area contributed by atoms with Crippen molar-refractivity contribution in [3.63, 3.8) is 0 Å². The lowest BCUT2D eigenvalue weighted by molar-refractivity contribution is 0.112. The topological polar surface area (TPSA) is 22.0 Å². The van der Waals surface area contributed by atoms with Gasteiger partial charge in [0.2, 0.25) is 0 Å². The van der Waals surface area contributed by atoms with Gasteiger partial charge in [0.1, 0.15) is 0 Å². The van der Waals surface area contributed by atoms with Crippen molar-refractivity contribution >= 4 is 6.29 Å². The fraction of sp³-hybridized carbons (Fsp3) is 0.154. The Hall–Kier alpha value is -1.83. The molecule has 1 aromatic carbocycles. The van der Waals surface area contributed by atoms with Crippen LogP contribution in [0.1, 0.15) is 28.9 Å². The first-order valence-corrected chi connectivity index (χ1v) is 4.99. The third-order valence-corrected chi connectivity index (χ3v) is 2.60. The van der Waals surface area contributed by atoms with Crippen molar-refractivity contribution in [1.29, 1.82) is 0 Å². The van der Waals surface area contributed by atoms with E-state index in [2.05, 4.69) is 19.1 Å². The normalized spacial score (nSPS) is 12.3. The Morgan fingerprint density at radius 2 is 1.93 bits per heavy atom. The molecule has 2 nitrogen and oxygen atoms in total. The Morgan fingerprint density at radius 3 is 2.53 bits per heavy atom. The molecule has 2 rings (SSSR count). The van der Waals surface area contributed by atoms with E-state index in [0.717, 1.165) is 11.8 Å². The Balaban J connectivity index is 2.28. The Kier molecular flexibility index (Phi) is 2.68. The van der Waals surface area contributed by atoms with Gasteiger partial charge >= 0.3 is 0 Å². The summed E-state index contributed by atoms with van der Waals surface area (Å²) in [4.78, 5) is 10.6. The molecule has 0 aliphatic carbocycles. The molecule has 0 aliphatic heterocycles. The van der Waals surface area contributed by atoms with Crippen LogP contribution in [0, 0.1) is 0 Å². The number of nitrogens with zero attached hydrogens (tertiary/aromatic N) is 1. The Labute approximate surface area is 89.2 Å². The number of hydrogen-bond acceptors (Lipinski definition) is 1. The number of benzene rings is 1. The van der Waals surface area contributed by atoms with Crippen molar-refractivity contribution in [3.8, 4) is 0 Å². The molecule has 0 saturated carbocycles. The molecular formula is C13H13NO. The predicted molar refractivity (Wildman–Crippen MR) is 60.1 cm³/mol. The zero-order valence-electron chi connectivity index (χ0n) is 8.63. The summed E-state index contributed by atoms with van der Waals surface area (Å²) in [6, 6.07) is 12.3. The highest BCUT2D eigenvalue weighted by molar-refractivity contribution is 5.74. The van der Waals surface area contributed by atoms with Crippen molar-refractivity contribution in [2.75, 3.05) is 0 Å². The second kappa shape index (κ2) is 4.13. The van der Waals surface area contributed by atoms with Gasteiger partial charge in [-0.25, -0.2) is 0 Å². The van der Waals surface area contributed by atoms with E-state index in [4.69, 9.17) is 0 Å². The van der Waals surface area contributed by atoms with E-state index in [-0.39, 0.29) is 6.04 Å². The SMILES string of the molecule is C[C@@H](c1ccccc1)n1ccc(C=O)c1. The third-order valence-electron chi connectivity index (χ3n) is 2.60. The van der Waals surface area contributed by atoms with Crippen LogP contribution < -0.4 is 0 Å². The fourth-order valence-corrected chi connectivity index (χ4v) is 1.64. The molecular weight excluding hydrogens is 186 g/mol. The van der Waals surface area contributed by atoms with E-state index in [1.807, 2.05) is 41.2 Å². The smallest absolute Gasteiger partial charge is 0.151 e. The van der Waals surface area contributed by atoms with Crippen molar-refractivity contribution in [2.45, 2.75) is 13.0 Å². The molecule has 2 heteroatoms. The number of aldehydes is 1. The zero-order valence-corrected chi connectivity index (χ0v) is 8.63. The lowest BCUT2D eigenvalue weighted by Gasteiger charge is -2.13. The minimum absolute atomic E-state index is 0.264. The number of carbonyl (C=O) groups is 1. The number of carbonyl (C=O) groups excluding carboxylic acids is 1. The first kappa shape index (κ1) is 9.71. The lowest BCUT2D eigenvalue weighted by atomic mass is 10.1. The summed E-state index contributed by atoms with van der Waals surface area (Å²) in [5, 5.41) is 0. The van der Waals surface area contributed by atoms with Crippen LogP contribution in [0.15, 0.2) is 48.8 Å². The summed E-state index contributed by atoms with van der Waals surface area (Å²) >= 11 is 0. The number of aromatic nitrogens is 1. The van der Waals surface area contributed by atoms with Gasteiger partial charge < -0.3 is 4.57 Å². The van der Waals surface area contributed by atoms with Crippen molar-refractivity contribution < 1.29 is 4.79 Å². The monoisotopic (exact) mass is 199 g/mol. The van der Waals surface area contributed by atoms with Crippen LogP contribution in [0.5, 0.6) is 0 Å². The van der Waals surface area contributed by atoms with Crippen LogP contribution in [-0.2, 0) is 0 Å². The average molecular weight is 199 g/mol. The second-order valence-electron chi connectivity index (χ2n) is 3.60. The largest absolute Gasteiger partial charge is 0.346 e. The maximum absolute atomic E-state index is 10.6. The molecule has 76 valence electrons. The van der Waals surface area contributed by atoms with E-state index in [9.17, 15) is 4.79 Å². The predicted octanol–water partition coefficient (Wildman–Crippen LogP) is 2.91. The van der Waals surface area contributed by atoms with Crippen LogP contribution in [0.2, 0.25) is 0 Å². The standard InChI is InChI=1S/C13H13NO/c1-11(13-5-3-2-4-6-13)14-8-7-12(9-14)10-15/h2-11H,1H3/t11-/m0/s1. The number of rotatable bonds is 3. The second-order valence-corrected chi connectivity index (χ2v) is 3.60. The maximum atomic E-state index is 10.6. The van der Waals surface area contributed by atoms with Crippen molar-refractivity contribution in [1.82, 2.24) is 4.57 Å². The first-order chi connectivity index (χ1) is 7.31. The molecule has 1 heterocycles. The highest BCUT2D eigenvalue weighted by atomic mass is 16.1. The molecule has 0 radical (unpaired) electrons. The van der Waals surface area contributed by atoms with Gasteiger partial charge in [-0.2, -0.15) is 0 Å². The van der Waals surface area contributed by atoms with Crippen LogP contribution in [0.4, 0.5) is 0 Å². The molecule has 15 heavy (non-hydrogen) atoms. The van der Waals surface area contributed by atoms with Crippen LogP contribution in [-0.4, -0.2) is 10.9 Å². The molecule has 0 amide bonds. The molecule has 0 spiro atoms. The highest BCUT2D eigenvalue weighted by Gasteiger charge is 2.06. The molecule has 0 N–H and O–H groups in total.